The molecule has 1 aromatic carbocycles. The Bertz CT molecular complexity index is 746. The van der Waals surface area contributed by atoms with Crippen LogP contribution < -0.4 is 10.0 Å². The van der Waals surface area contributed by atoms with Crippen LogP contribution in [0.4, 0.5) is 5.69 Å². The fourth-order valence-corrected chi connectivity index (χ4v) is 2.43. The minimum absolute atomic E-state index is 0.212. The zero-order valence-electron chi connectivity index (χ0n) is 14.1. The lowest BCUT2D eigenvalue weighted by molar-refractivity contribution is -0.605. The number of carbonyl (C=O) groups excluding carboxylic acids is 2. The molecule has 0 radical (unpaired) electrons. The molecule has 0 saturated heterocycles. The van der Waals surface area contributed by atoms with Crippen LogP contribution in [0.1, 0.15) is 34.0 Å². The van der Waals surface area contributed by atoms with Crippen LogP contribution in [0.25, 0.3) is 0 Å². The van der Waals surface area contributed by atoms with Crippen LogP contribution in [0.15, 0.2) is 36.7 Å². The number of hydrogen-bond acceptors (Lipinski definition) is 4. The highest BCUT2D eigenvalue weighted by Gasteiger charge is 2.20. The highest BCUT2D eigenvalue weighted by atomic mass is 16.5. The van der Waals surface area contributed by atoms with Gasteiger partial charge < -0.3 is 15.3 Å². The van der Waals surface area contributed by atoms with Crippen LogP contribution in [0.2, 0.25) is 0 Å². The minimum atomic E-state index is -0.961. The number of nitrogens with zero attached hydrogens (tertiary/aromatic N) is 1. The van der Waals surface area contributed by atoms with E-state index in [1.165, 1.54) is 31.5 Å². The van der Waals surface area contributed by atoms with Crippen LogP contribution in [0.3, 0.4) is 0 Å². The van der Waals surface area contributed by atoms with Gasteiger partial charge in [0.15, 0.2) is 18.5 Å². The normalized spacial score (nSPS) is 11.7. The summed E-state index contributed by atoms with van der Waals surface area (Å²) in [5, 5.41) is 13.8. The Morgan fingerprint density at radius 1 is 1.12 bits per heavy atom. The molecule has 2 rings (SSSR count). The van der Waals surface area contributed by atoms with E-state index < -0.39 is 18.0 Å². The summed E-state index contributed by atoms with van der Waals surface area (Å²) in [6.45, 7) is 7.31. The summed E-state index contributed by atoms with van der Waals surface area (Å²) >= 11 is 0. The van der Waals surface area contributed by atoms with Gasteiger partial charge in [0.2, 0.25) is 0 Å². The first-order chi connectivity index (χ1) is 11.3. The lowest BCUT2D eigenvalue weighted by atomic mass is 10.0. The molecule has 0 aliphatic heterocycles. The van der Waals surface area contributed by atoms with E-state index in [0.717, 1.165) is 22.4 Å². The molecule has 0 aliphatic rings. The van der Waals surface area contributed by atoms with Crippen molar-refractivity contribution in [3.8, 4) is 0 Å². The maximum atomic E-state index is 12.3. The molecule has 0 saturated carbocycles. The molecular formula is C18H20N2O4. The average molecular weight is 328 g/mol. The average Bonchev–Trinajstić information content (AvgIpc) is 2.51. The number of nitrogens with one attached hydrogen (secondary N) is 1. The van der Waals surface area contributed by atoms with Crippen molar-refractivity contribution < 1.29 is 19.1 Å². The standard InChI is InChI=1S/C18H20N2O4/c1-11-9-12(2)16(13(3)10-11)19-17(21)14(4)24-18(22)15-5-7-20(23)8-6-15/h5-10,14H,1-4H3,(H,19,21)/t14-/m0/s1. The maximum Gasteiger partial charge on any atom is 0.339 e. The van der Waals surface area contributed by atoms with E-state index in [1.54, 1.807) is 0 Å². The first-order valence-electron chi connectivity index (χ1n) is 7.56. The van der Waals surface area contributed by atoms with Gasteiger partial charge in [-0.05, 0) is 38.8 Å². The van der Waals surface area contributed by atoms with Crippen LogP contribution >= 0.6 is 0 Å². The van der Waals surface area contributed by atoms with Gasteiger partial charge in [0.25, 0.3) is 5.91 Å². The van der Waals surface area contributed by atoms with E-state index in [4.69, 9.17) is 4.74 Å². The second-order valence-corrected chi connectivity index (χ2v) is 5.76. The smallest absolute Gasteiger partial charge is 0.339 e. The van der Waals surface area contributed by atoms with E-state index >= 15 is 0 Å². The highest BCUT2D eigenvalue weighted by molar-refractivity contribution is 5.98. The molecule has 6 nitrogen and oxygen atoms in total. The molecule has 1 N–H and O–H groups in total. The fourth-order valence-electron chi connectivity index (χ4n) is 2.43. The maximum absolute atomic E-state index is 12.3. The van der Waals surface area contributed by atoms with Crippen molar-refractivity contribution >= 4 is 17.6 Å². The Labute approximate surface area is 140 Å². The van der Waals surface area contributed by atoms with Gasteiger partial charge in [-0.2, -0.15) is 4.73 Å². The number of aryl methyl sites for hydroxylation is 3. The molecule has 0 spiro atoms. The topological polar surface area (TPSA) is 82.3 Å². The molecule has 1 amide bonds. The van der Waals surface area contributed by atoms with Gasteiger partial charge in [0.1, 0.15) is 0 Å². The molecule has 2 aromatic rings. The van der Waals surface area contributed by atoms with Gasteiger partial charge in [0.05, 0.1) is 5.56 Å². The number of aromatic nitrogens is 1. The zero-order chi connectivity index (χ0) is 17.9. The van der Waals surface area contributed by atoms with E-state index in [1.807, 2.05) is 32.9 Å². The number of benzene rings is 1. The molecule has 0 fully saturated rings. The molecule has 0 bridgehead atoms. The van der Waals surface area contributed by atoms with E-state index in [-0.39, 0.29) is 5.56 Å². The number of anilines is 1. The third-order valence-corrected chi connectivity index (χ3v) is 3.62. The van der Waals surface area contributed by atoms with E-state index in [0.29, 0.717) is 4.73 Å². The summed E-state index contributed by atoms with van der Waals surface area (Å²) in [6.07, 6.45) is 1.43. The number of pyridine rings is 1. The van der Waals surface area contributed by atoms with Crippen LogP contribution in [-0.4, -0.2) is 18.0 Å². The predicted molar refractivity (Wildman–Crippen MR) is 89.6 cm³/mol. The lowest BCUT2D eigenvalue weighted by Gasteiger charge is -2.16. The summed E-state index contributed by atoms with van der Waals surface area (Å²) in [5.41, 5.74) is 3.94. The van der Waals surface area contributed by atoms with E-state index in [2.05, 4.69) is 5.32 Å². The van der Waals surface area contributed by atoms with Crippen molar-refractivity contribution in [1.82, 2.24) is 0 Å². The van der Waals surface area contributed by atoms with Gasteiger partial charge in [0, 0.05) is 17.8 Å². The summed E-state index contributed by atoms with van der Waals surface area (Å²) in [5.74, 6) is -1.07. The molecule has 24 heavy (non-hydrogen) atoms. The van der Waals surface area contributed by atoms with Gasteiger partial charge in [-0.25, -0.2) is 4.79 Å². The van der Waals surface area contributed by atoms with Gasteiger partial charge >= 0.3 is 5.97 Å². The monoisotopic (exact) mass is 328 g/mol. The Balaban J connectivity index is 2.05. The van der Waals surface area contributed by atoms with Crippen molar-refractivity contribution in [3.05, 3.63) is 64.1 Å². The first-order valence-corrected chi connectivity index (χ1v) is 7.56. The summed E-state index contributed by atoms with van der Waals surface area (Å²) < 4.78 is 5.72. The molecule has 0 aliphatic carbocycles. The van der Waals surface area contributed by atoms with Gasteiger partial charge in [-0.1, -0.05) is 17.7 Å². The second-order valence-electron chi connectivity index (χ2n) is 5.76. The number of hydrogen-bond donors (Lipinski definition) is 1. The van der Waals surface area contributed by atoms with E-state index in [9.17, 15) is 14.8 Å². The SMILES string of the molecule is Cc1cc(C)c(NC(=O)[C@H](C)OC(=O)c2cc[n+]([O-])cc2)c(C)c1. The molecule has 1 atom stereocenters. The van der Waals surface area contributed by atoms with Crippen molar-refractivity contribution in [2.45, 2.75) is 33.8 Å². The predicted octanol–water partition coefficient (Wildman–Crippen LogP) is 2.43. The number of amides is 1. The Morgan fingerprint density at radius 3 is 2.21 bits per heavy atom. The first kappa shape index (κ1) is 17.5. The third-order valence-electron chi connectivity index (χ3n) is 3.62. The number of rotatable bonds is 4. The number of ether oxygens (including phenoxy) is 1. The molecule has 0 unspecified atom stereocenters. The Hall–Kier alpha value is -2.89. The highest BCUT2D eigenvalue weighted by Crippen LogP contribution is 2.22. The van der Waals surface area contributed by atoms with Crippen molar-refractivity contribution in [2.75, 3.05) is 5.32 Å². The van der Waals surface area contributed by atoms with Gasteiger partial charge in [-0.15, -0.1) is 0 Å². The Morgan fingerprint density at radius 2 is 1.67 bits per heavy atom. The summed E-state index contributed by atoms with van der Waals surface area (Å²) in [6, 6.07) is 6.63. The number of esters is 1. The van der Waals surface area contributed by atoms with Crippen molar-refractivity contribution in [1.29, 1.82) is 0 Å². The van der Waals surface area contributed by atoms with Crippen molar-refractivity contribution in [3.63, 3.8) is 0 Å². The lowest BCUT2D eigenvalue weighted by Crippen LogP contribution is -2.31. The molecule has 126 valence electrons. The molecule has 1 heterocycles. The van der Waals surface area contributed by atoms with Gasteiger partial charge in [-0.3, -0.25) is 4.79 Å². The fraction of sp³-hybridized carbons (Fsp3) is 0.278. The Kier molecular flexibility index (Phi) is 5.18. The second kappa shape index (κ2) is 7.12. The zero-order valence-corrected chi connectivity index (χ0v) is 14.1. The quantitative estimate of drug-likeness (QED) is 0.531. The molecule has 6 heteroatoms. The van der Waals surface area contributed by atoms with Crippen LogP contribution in [0.5, 0.6) is 0 Å². The third kappa shape index (κ3) is 4.10. The van der Waals surface area contributed by atoms with Crippen LogP contribution in [-0.2, 0) is 9.53 Å². The van der Waals surface area contributed by atoms with Crippen molar-refractivity contribution in [2.24, 2.45) is 0 Å². The minimum Gasteiger partial charge on any atom is -0.619 e. The summed E-state index contributed by atoms with van der Waals surface area (Å²) in [7, 11) is 0. The summed E-state index contributed by atoms with van der Waals surface area (Å²) in [4.78, 5) is 24.3. The molecular weight excluding hydrogens is 308 g/mol. The largest absolute Gasteiger partial charge is 0.619 e. The number of carbonyl (C=O) groups is 2. The van der Waals surface area contributed by atoms with Crippen LogP contribution in [0, 0.1) is 26.0 Å². The molecule has 1 aromatic heterocycles.